The van der Waals surface area contributed by atoms with Crippen LogP contribution in [0.15, 0.2) is 24.1 Å². The zero-order chi connectivity index (χ0) is 8.27. The summed E-state index contributed by atoms with van der Waals surface area (Å²) in [4.78, 5) is 25.6. The first-order valence-electron chi connectivity index (χ1n) is 2.84. The number of carbonyl (C=O) groups excluding carboxylic acids is 2. The number of Topliss-reactive ketones (excluding diaryl/α,β-unsaturated/α-hetero) is 1. The number of amides is 1. The molecule has 11 heavy (non-hydrogen) atoms. The van der Waals surface area contributed by atoms with Crippen molar-refractivity contribution >= 4 is 11.7 Å². The van der Waals surface area contributed by atoms with Gasteiger partial charge in [-0.15, -0.1) is 0 Å². The van der Waals surface area contributed by atoms with E-state index in [0.29, 0.717) is 0 Å². The quantitative estimate of drug-likeness (QED) is 0.498. The summed E-state index contributed by atoms with van der Waals surface area (Å²) in [6, 6.07) is 0. The van der Waals surface area contributed by atoms with E-state index in [9.17, 15) is 9.59 Å². The van der Waals surface area contributed by atoms with Gasteiger partial charge >= 0.3 is 0 Å². The summed E-state index contributed by atoms with van der Waals surface area (Å²) >= 11 is 0. The van der Waals surface area contributed by atoms with Crippen LogP contribution in [0.2, 0.25) is 0 Å². The third-order valence-electron chi connectivity index (χ3n) is 1.05. The molecule has 1 heterocycles. The molecule has 1 rings (SSSR count). The molecular weight excluding hydrogens is 148 g/mol. The van der Waals surface area contributed by atoms with E-state index < -0.39 is 11.7 Å². The highest BCUT2D eigenvalue weighted by atomic mass is 16.6. The molecule has 0 fully saturated rings. The molecule has 0 aromatic heterocycles. The lowest BCUT2D eigenvalue weighted by atomic mass is 10.2. The molecule has 0 aromatic rings. The fourth-order valence-electron chi connectivity index (χ4n) is 0.561. The number of hydrogen-bond donors (Lipinski definition) is 2. The summed E-state index contributed by atoms with van der Waals surface area (Å²) in [5, 5.41) is 0. The molecule has 0 bridgehead atoms. The lowest BCUT2D eigenvalue weighted by Crippen LogP contribution is -2.31. The van der Waals surface area contributed by atoms with Crippen LogP contribution in [0, 0.1) is 0 Å². The van der Waals surface area contributed by atoms with Gasteiger partial charge in [-0.05, 0) is 12.2 Å². The van der Waals surface area contributed by atoms with E-state index in [2.05, 4.69) is 10.3 Å². The lowest BCUT2D eigenvalue weighted by molar-refractivity contribution is -0.134. The Balaban J connectivity index is 2.74. The van der Waals surface area contributed by atoms with E-state index in [-0.39, 0.29) is 5.70 Å². The second-order valence-corrected chi connectivity index (χ2v) is 1.82. The van der Waals surface area contributed by atoms with Gasteiger partial charge in [0.1, 0.15) is 12.0 Å². The fourth-order valence-corrected chi connectivity index (χ4v) is 0.561. The van der Waals surface area contributed by atoms with Crippen LogP contribution in [0.3, 0.4) is 0 Å². The Morgan fingerprint density at radius 2 is 2.27 bits per heavy atom. The lowest BCUT2D eigenvalue weighted by Gasteiger charge is -2.08. The minimum atomic E-state index is -1.01. The Labute approximate surface area is 62.5 Å². The van der Waals surface area contributed by atoms with Gasteiger partial charge in [0, 0.05) is 0 Å². The maximum absolute atomic E-state index is 10.8. The van der Waals surface area contributed by atoms with Crippen molar-refractivity contribution in [3.05, 3.63) is 24.1 Å². The number of primary amides is 1. The summed E-state index contributed by atoms with van der Waals surface area (Å²) in [5.41, 5.74) is 6.98. The number of hydroxylamine groups is 1. The van der Waals surface area contributed by atoms with Crippen LogP contribution in [-0.4, -0.2) is 11.7 Å². The first-order valence-corrected chi connectivity index (χ1v) is 2.84. The molecule has 0 radical (unpaired) electrons. The van der Waals surface area contributed by atoms with Crippen molar-refractivity contribution in [1.82, 2.24) is 5.48 Å². The monoisotopic (exact) mass is 154 g/mol. The molecule has 1 aliphatic rings. The van der Waals surface area contributed by atoms with Gasteiger partial charge in [0.15, 0.2) is 0 Å². The van der Waals surface area contributed by atoms with Gasteiger partial charge in [-0.1, -0.05) is 0 Å². The zero-order valence-electron chi connectivity index (χ0n) is 5.53. The van der Waals surface area contributed by atoms with Crippen molar-refractivity contribution in [2.75, 3.05) is 0 Å². The molecule has 0 aliphatic carbocycles. The van der Waals surface area contributed by atoms with Crippen molar-refractivity contribution < 1.29 is 14.4 Å². The molecule has 0 unspecified atom stereocenters. The van der Waals surface area contributed by atoms with Crippen molar-refractivity contribution in [2.45, 2.75) is 0 Å². The first-order chi connectivity index (χ1) is 5.22. The summed E-state index contributed by atoms with van der Waals surface area (Å²) < 4.78 is 0. The predicted molar refractivity (Wildman–Crippen MR) is 35.6 cm³/mol. The number of carbonyl (C=O) groups is 2. The van der Waals surface area contributed by atoms with Crippen LogP contribution >= 0.6 is 0 Å². The fraction of sp³-hybridized carbons (Fsp3) is 0. The molecule has 0 spiro atoms. The van der Waals surface area contributed by atoms with Gasteiger partial charge in [0.25, 0.3) is 11.7 Å². The van der Waals surface area contributed by atoms with Gasteiger partial charge in [-0.3, -0.25) is 9.59 Å². The summed E-state index contributed by atoms with van der Waals surface area (Å²) in [7, 11) is 0. The van der Waals surface area contributed by atoms with E-state index in [4.69, 9.17) is 5.73 Å². The third-order valence-corrected chi connectivity index (χ3v) is 1.05. The van der Waals surface area contributed by atoms with E-state index >= 15 is 0 Å². The van der Waals surface area contributed by atoms with Crippen molar-refractivity contribution in [3.63, 3.8) is 0 Å². The molecule has 0 atom stereocenters. The average molecular weight is 154 g/mol. The van der Waals surface area contributed by atoms with Crippen LogP contribution in [0.4, 0.5) is 0 Å². The van der Waals surface area contributed by atoms with Crippen molar-refractivity contribution in [2.24, 2.45) is 5.73 Å². The Kier molecular flexibility index (Phi) is 1.91. The molecule has 5 heteroatoms. The number of rotatable bonds is 2. The zero-order valence-corrected chi connectivity index (χ0v) is 5.53. The minimum Gasteiger partial charge on any atom is -0.390 e. The van der Waals surface area contributed by atoms with Crippen molar-refractivity contribution in [1.29, 1.82) is 0 Å². The highest BCUT2D eigenvalue weighted by molar-refractivity contribution is 6.41. The minimum absolute atomic E-state index is 0.0417. The maximum Gasteiger partial charge on any atom is 0.291 e. The number of nitrogens with two attached hydrogens (primary N) is 1. The number of ketones is 1. The number of allylic oxidation sites excluding steroid dienone is 2. The van der Waals surface area contributed by atoms with E-state index in [1.807, 2.05) is 0 Å². The molecule has 1 amide bonds. The van der Waals surface area contributed by atoms with Crippen LogP contribution in [0.1, 0.15) is 0 Å². The Morgan fingerprint density at radius 3 is 2.73 bits per heavy atom. The van der Waals surface area contributed by atoms with E-state index in [1.165, 1.54) is 18.4 Å². The average Bonchev–Trinajstić information content (AvgIpc) is 2.05. The SMILES string of the molecule is NC(=O)C(=O)C1=CC=CON1. The van der Waals surface area contributed by atoms with Gasteiger partial charge in [0.05, 0.1) is 0 Å². The largest absolute Gasteiger partial charge is 0.390 e. The normalized spacial score (nSPS) is 14.4. The van der Waals surface area contributed by atoms with Gasteiger partial charge in [-0.2, -0.15) is 0 Å². The summed E-state index contributed by atoms with van der Waals surface area (Å²) in [5.74, 6) is -1.81. The molecule has 58 valence electrons. The van der Waals surface area contributed by atoms with Crippen LogP contribution < -0.4 is 11.2 Å². The van der Waals surface area contributed by atoms with Crippen LogP contribution in [-0.2, 0) is 14.4 Å². The van der Waals surface area contributed by atoms with Gasteiger partial charge in [-0.25, -0.2) is 5.48 Å². The summed E-state index contributed by atoms with van der Waals surface area (Å²) in [6.07, 6.45) is 4.21. The standard InChI is InChI=1S/C6H6N2O3/c7-6(10)5(9)4-2-1-3-11-8-4/h1-3,8H,(H2,7,10). The van der Waals surface area contributed by atoms with Gasteiger partial charge < -0.3 is 10.6 Å². The third kappa shape index (κ3) is 1.57. The van der Waals surface area contributed by atoms with Gasteiger partial charge in [0.2, 0.25) is 0 Å². The van der Waals surface area contributed by atoms with E-state index in [1.54, 1.807) is 0 Å². The molecule has 0 aromatic carbocycles. The molecule has 3 N–H and O–H groups in total. The van der Waals surface area contributed by atoms with Crippen LogP contribution in [0.5, 0.6) is 0 Å². The number of hydrogen-bond acceptors (Lipinski definition) is 4. The maximum atomic E-state index is 10.8. The Morgan fingerprint density at radius 1 is 1.55 bits per heavy atom. The smallest absolute Gasteiger partial charge is 0.291 e. The topological polar surface area (TPSA) is 81.4 Å². The molecule has 0 saturated carbocycles. The Hall–Kier alpha value is -1.78. The highest BCUT2D eigenvalue weighted by Gasteiger charge is 2.15. The van der Waals surface area contributed by atoms with E-state index in [0.717, 1.165) is 0 Å². The van der Waals surface area contributed by atoms with Crippen molar-refractivity contribution in [3.8, 4) is 0 Å². The van der Waals surface area contributed by atoms with Crippen LogP contribution in [0.25, 0.3) is 0 Å². The molecule has 5 nitrogen and oxygen atoms in total. The predicted octanol–water partition coefficient (Wildman–Crippen LogP) is -1.03. The molecular formula is C6H6N2O3. The second-order valence-electron chi connectivity index (χ2n) is 1.82. The molecule has 1 aliphatic heterocycles. The highest BCUT2D eigenvalue weighted by Crippen LogP contribution is 1.97. The molecule has 0 saturated heterocycles. The second kappa shape index (κ2) is 2.87. The summed E-state index contributed by atoms with van der Waals surface area (Å²) in [6.45, 7) is 0. The Bertz CT molecular complexity index is 255. The first kappa shape index (κ1) is 7.33. The number of nitrogens with one attached hydrogen (secondary N) is 1.